The van der Waals surface area contributed by atoms with E-state index in [1.54, 1.807) is 12.5 Å². The van der Waals surface area contributed by atoms with Gasteiger partial charge in [0.25, 0.3) is 0 Å². The van der Waals surface area contributed by atoms with Crippen LogP contribution < -0.4 is 10.6 Å². The molecule has 0 aromatic carbocycles. The highest BCUT2D eigenvalue weighted by atomic mass is 16.3. The number of hydrogen-bond acceptors (Lipinski definition) is 5. The molecule has 15 heavy (non-hydrogen) atoms. The molecule has 0 aliphatic rings. The van der Waals surface area contributed by atoms with Crippen LogP contribution in [0.15, 0.2) is 35.3 Å². The predicted molar refractivity (Wildman–Crippen MR) is 57.3 cm³/mol. The molecule has 0 amide bonds. The molecule has 0 fully saturated rings. The summed E-state index contributed by atoms with van der Waals surface area (Å²) in [6.07, 6.45) is 4.71. The first-order valence-electron chi connectivity index (χ1n) is 4.56. The minimum absolute atomic E-state index is 0.562. The van der Waals surface area contributed by atoms with Crippen molar-refractivity contribution in [3.8, 4) is 0 Å². The van der Waals surface area contributed by atoms with Crippen molar-refractivity contribution in [2.24, 2.45) is 0 Å². The second-order valence-electron chi connectivity index (χ2n) is 3.24. The zero-order valence-electron chi connectivity index (χ0n) is 8.42. The van der Waals surface area contributed by atoms with Gasteiger partial charge in [-0.05, 0) is 12.1 Å². The van der Waals surface area contributed by atoms with Crippen LogP contribution in [-0.4, -0.2) is 17.0 Å². The van der Waals surface area contributed by atoms with Crippen LogP contribution in [0.5, 0.6) is 0 Å². The molecule has 0 aliphatic carbocycles. The van der Waals surface area contributed by atoms with E-state index in [-0.39, 0.29) is 0 Å². The van der Waals surface area contributed by atoms with Crippen molar-refractivity contribution < 1.29 is 4.42 Å². The van der Waals surface area contributed by atoms with Crippen molar-refractivity contribution >= 4 is 11.5 Å². The molecule has 2 rings (SSSR count). The van der Waals surface area contributed by atoms with E-state index < -0.39 is 0 Å². The number of nitrogen functional groups attached to an aromatic ring is 1. The molecule has 0 aliphatic heterocycles. The Balaban J connectivity index is 2.15. The lowest BCUT2D eigenvalue weighted by atomic mass is 10.4. The van der Waals surface area contributed by atoms with E-state index in [0.29, 0.717) is 18.1 Å². The molecule has 0 spiro atoms. The third kappa shape index (κ3) is 2.07. The fraction of sp³-hybridized carbons (Fsp3) is 0.200. The molecule has 2 heterocycles. The van der Waals surface area contributed by atoms with Gasteiger partial charge in [-0.25, -0.2) is 9.97 Å². The van der Waals surface area contributed by atoms with Gasteiger partial charge in [0.2, 0.25) is 0 Å². The Morgan fingerprint density at radius 1 is 1.53 bits per heavy atom. The average molecular weight is 204 g/mol. The summed E-state index contributed by atoms with van der Waals surface area (Å²) < 4.78 is 5.24. The number of nitrogens with zero attached hydrogens (tertiary/aromatic N) is 3. The summed E-state index contributed by atoms with van der Waals surface area (Å²) in [7, 11) is 1.90. The van der Waals surface area contributed by atoms with Crippen LogP contribution in [0.1, 0.15) is 5.76 Å². The van der Waals surface area contributed by atoms with Crippen LogP contribution in [0.25, 0.3) is 0 Å². The fourth-order valence-electron chi connectivity index (χ4n) is 1.36. The summed E-state index contributed by atoms with van der Waals surface area (Å²) >= 11 is 0. The van der Waals surface area contributed by atoms with Crippen LogP contribution in [0.2, 0.25) is 0 Å². The maximum atomic E-state index is 5.75. The first kappa shape index (κ1) is 9.51. The van der Waals surface area contributed by atoms with Crippen molar-refractivity contribution in [3.05, 3.63) is 36.7 Å². The molecular weight excluding hydrogens is 192 g/mol. The second-order valence-corrected chi connectivity index (χ2v) is 3.24. The van der Waals surface area contributed by atoms with Gasteiger partial charge in [0, 0.05) is 7.05 Å². The summed E-state index contributed by atoms with van der Waals surface area (Å²) in [6.45, 7) is 0.633. The molecule has 2 N–H and O–H groups in total. The Labute approximate surface area is 87.6 Å². The zero-order chi connectivity index (χ0) is 10.7. The van der Waals surface area contributed by atoms with E-state index >= 15 is 0 Å². The van der Waals surface area contributed by atoms with Crippen molar-refractivity contribution in [2.75, 3.05) is 17.7 Å². The highest BCUT2D eigenvalue weighted by Crippen LogP contribution is 2.18. The van der Waals surface area contributed by atoms with Crippen LogP contribution >= 0.6 is 0 Å². The Morgan fingerprint density at radius 3 is 3.07 bits per heavy atom. The van der Waals surface area contributed by atoms with E-state index in [1.807, 2.05) is 24.1 Å². The van der Waals surface area contributed by atoms with Gasteiger partial charge in [-0.1, -0.05) is 0 Å². The van der Waals surface area contributed by atoms with Gasteiger partial charge in [-0.2, -0.15) is 0 Å². The van der Waals surface area contributed by atoms with Gasteiger partial charge < -0.3 is 15.1 Å². The summed E-state index contributed by atoms with van der Waals surface area (Å²) in [5.74, 6) is 1.58. The number of anilines is 2. The predicted octanol–water partition coefficient (Wildman–Crippen LogP) is 1.29. The van der Waals surface area contributed by atoms with Gasteiger partial charge >= 0.3 is 0 Å². The lowest BCUT2D eigenvalue weighted by Crippen LogP contribution is -2.18. The second kappa shape index (κ2) is 4.00. The number of furan rings is 1. The van der Waals surface area contributed by atoms with Gasteiger partial charge in [-0.15, -0.1) is 0 Å². The third-order valence-electron chi connectivity index (χ3n) is 2.05. The quantitative estimate of drug-likeness (QED) is 0.815. The molecule has 2 aromatic rings. The van der Waals surface area contributed by atoms with E-state index in [9.17, 15) is 0 Å². The van der Waals surface area contributed by atoms with Gasteiger partial charge in [0.15, 0.2) is 5.82 Å². The molecule has 78 valence electrons. The molecule has 0 bridgehead atoms. The summed E-state index contributed by atoms with van der Waals surface area (Å²) in [5, 5.41) is 0. The summed E-state index contributed by atoms with van der Waals surface area (Å²) in [5.41, 5.74) is 6.31. The Hall–Kier alpha value is -2.04. The molecule has 0 atom stereocenters. The molecular formula is C10H12N4O. The smallest absolute Gasteiger partial charge is 0.155 e. The minimum atomic E-state index is 0.562. The topological polar surface area (TPSA) is 68.2 Å². The zero-order valence-corrected chi connectivity index (χ0v) is 8.42. The number of nitrogens with two attached hydrogens (primary N) is 1. The van der Waals surface area contributed by atoms with Crippen molar-refractivity contribution in [1.82, 2.24) is 9.97 Å². The van der Waals surface area contributed by atoms with Crippen LogP contribution in [0.4, 0.5) is 11.5 Å². The SMILES string of the molecule is CN(Cc1ccco1)c1ncncc1N. The molecule has 0 unspecified atom stereocenters. The van der Waals surface area contributed by atoms with Crippen LogP contribution in [0, 0.1) is 0 Å². The number of rotatable bonds is 3. The van der Waals surface area contributed by atoms with Crippen molar-refractivity contribution in [1.29, 1.82) is 0 Å². The average Bonchev–Trinajstić information content (AvgIpc) is 2.71. The monoisotopic (exact) mass is 204 g/mol. The van der Waals surface area contributed by atoms with Crippen LogP contribution in [-0.2, 0) is 6.54 Å². The van der Waals surface area contributed by atoms with E-state index in [4.69, 9.17) is 10.2 Å². The first-order valence-corrected chi connectivity index (χ1v) is 4.56. The van der Waals surface area contributed by atoms with Crippen molar-refractivity contribution in [3.63, 3.8) is 0 Å². The maximum absolute atomic E-state index is 5.75. The van der Waals surface area contributed by atoms with E-state index in [1.165, 1.54) is 6.33 Å². The van der Waals surface area contributed by atoms with E-state index in [0.717, 1.165) is 5.76 Å². The molecule has 0 saturated carbocycles. The standard InChI is InChI=1S/C10H12N4O/c1-14(6-8-3-2-4-15-8)10-9(11)5-12-7-13-10/h2-5,7H,6,11H2,1H3. The summed E-state index contributed by atoms with van der Waals surface area (Å²) in [6, 6.07) is 3.76. The minimum Gasteiger partial charge on any atom is -0.467 e. The van der Waals surface area contributed by atoms with Crippen molar-refractivity contribution in [2.45, 2.75) is 6.54 Å². The number of aromatic nitrogens is 2. The fourth-order valence-corrected chi connectivity index (χ4v) is 1.36. The Bertz CT molecular complexity index is 427. The largest absolute Gasteiger partial charge is 0.467 e. The lowest BCUT2D eigenvalue weighted by molar-refractivity contribution is 0.507. The molecule has 0 radical (unpaired) electrons. The summed E-state index contributed by atoms with van der Waals surface area (Å²) in [4.78, 5) is 9.86. The van der Waals surface area contributed by atoms with Gasteiger partial charge in [0.05, 0.1) is 24.7 Å². The van der Waals surface area contributed by atoms with Gasteiger partial charge in [0.1, 0.15) is 12.1 Å². The lowest BCUT2D eigenvalue weighted by Gasteiger charge is -2.17. The van der Waals surface area contributed by atoms with Gasteiger partial charge in [-0.3, -0.25) is 0 Å². The highest BCUT2D eigenvalue weighted by Gasteiger charge is 2.08. The van der Waals surface area contributed by atoms with Crippen LogP contribution in [0.3, 0.4) is 0 Å². The van der Waals surface area contributed by atoms with E-state index in [2.05, 4.69) is 9.97 Å². The maximum Gasteiger partial charge on any atom is 0.155 e. The third-order valence-corrected chi connectivity index (χ3v) is 2.05. The highest BCUT2D eigenvalue weighted by molar-refractivity contribution is 5.60. The normalized spacial score (nSPS) is 10.2. The molecule has 5 heteroatoms. The Kier molecular flexibility index (Phi) is 2.53. The number of hydrogen-bond donors (Lipinski definition) is 1. The Morgan fingerprint density at radius 2 is 2.40 bits per heavy atom. The molecule has 5 nitrogen and oxygen atoms in total. The first-order chi connectivity index (χ1) is 7.27. The molecule has 2 aromatic heterocycles. The molecule has 0 saturated heterocycles.